The third-order valence-electron chi connectivity index (χ3n) is 4.15. The van der Waals surface area contributed by atoms with Gasteiger partial charge in [-0.05, 0) is 31.9 Å². The lowest BCUT2D eigenvalue weighted by Crippen LogP contribution is -2.25. The van der Waals surface area contributed by atoms with Crippen LogP contribution in [0.5, 0.6) is 0 Å². The SMILES string of the molecule is Cc1cc(NC(=O)C(C)SCC(=O)Nc2ncc(Cc3cccc(C)c3Cl)s2)no1. The molecule has 2 heterocycles. The number of aryl methyl sites for hydroxylation is 2. The molecule has 0 saturated heterocycles. The summed E-state index contributed by atoms with van der Waals surface area (Å²) >= 11 is 8.99. The minimum Gasteiger partial charge on any atom is -0.360 e. The van der Waals surface area contributed by atoms with Crippen LogP contribution in [0.15, 0.2) is 35.0 Å². The van der Waals surface area contributed by atoms with Crippen molar-refractivity contribution in [3.05, 3.63) is 57.2 Å². The van der Waals surface area contributed by atoms with Gasteiger partial charge in [-0.3, -0.25) is 9.59 Å². The zero-order chi connectivity index (χ0) is 21.7. The number of hydrogen-bond acceptors (Lipinski definition) is 7. The maximum Gasteiger partial charge on any atom is 0.238 e. The minimum absolute atomic E-state index is 0.130. The van der Waals surface area contributed by atoms with Crippen molar-refractivity contribution in [1.82, 2.24) is 10.1 Å². The predicted octanol–water partition coefficient (Wildman–Crippen LogP) is 4.69. The van der Waals surface area contributed by atoms with Crippen molar-refractivity contribution in [2.24, 2.45) is 0 Å². The van der Waals surface area contributed by atoms with Crippen LogP contribution in [0.4, 0.5) is 10.9 Å². The minimum atomic E-state index is -0.428. The van der Waals surface area contributed by atoms with E-state index in [0.717, 1.165) is 21.0 Å². The molecule has 0 aliphatic heterocycles. The Hall–Kier alpha value is -2.36. The molecule has 0 aliphatic rings. The molecule has 3 rings (SSSR count). The van der Waals surface area contributed by atoms with E-state index < -0.39 is 5.25 Å². The Morgan fingerprint density at radius 3 is 2.83 bits per heavy atom. The van der Waals surface area contributed by atoms with Crippen LogP contribution < -0.4 is 10.6 Å². The number of rotatable bonds is 8. The van der Waals surface area contributed by atoms with Crippen molar-refractivity contribution in [3.63, 3.8) is 0 Å². The second-order valence-electron chi connectivity index (χ2n) is 6.67. The lowest BCUT2D eigenvalue weighted by Gasteiger charge is -2.09. The van der Waals surface area contributed by atoms with Gasteiger partial charge in [0.1, 0.15) is 5.76 Å². The van der Waals surface area contributed by atoms with Gasteiger partial charge in [0, 0.05) is 28.6 Å². The van der Waals surface area contributed by atoms with E-state index in [-0.39, 0.29) is 17.6 Å². The average molecular weight is 465 g/mol. The van der Waals surface area contributed by atoms with Gasteiger partial charge in [-0.2, -0.15) is 0 Å². The molecule has 0 bridgehead atoms. The fourth-order valence-corrected chi connectivity index (χ4v) is 4.29. The summed E-state index contributed by atoms with van der Waals surface area (Å²) in [6, 6.07) is 7.55. The summed E-state index contributed by atoms with van der Waals surface area (Å²) in [5, 5.41) is 10.00. The first-order chi connectivity index (χ1) is 14.3. The molecule has 10 heteroatoms. The summed E-state index contributed by atoms with van der Waals surface area (Å²) < 4.78 is 4.91. The van der Waals surface area contributed by atoms with Crippen molar-refractivity contribution >= 4 is 57.5 Å². The zero-order valence-electron chi connectivity index (χ0n) is 16.7. The highest BCUT2D eigenvalue weighted by atomic mass is 35.5. The van der Waals surface area contributed by atoms with Crippen LogP contribution in [0.25, 0.3) is 0 Å². The van der Waals surface area contributed by atoms with E-state index in [2.05, 4.69) is 20.8 Å². The number of nitrogens with zero attached hydrogens (tertiary/aromatic N) is 2. The largest absolute Gasteiger partial charge is 0.360 e. The van der Waals surface area contributed by atoms with Gasteiger partial charge in [-0.1, -0.05) is 35.0 Å². The Labute approximate surface area is 187 Å². The Kier molecular flexibility index (Phi) is 7.52. The molecule has 0 spiro atoms. The van der Waals surface area contributed by atoms with Crippen molar-refractivity contribution < 1.29 is 14.1 Å². The molecule has 2 N–H and O–H groups in total. The highest BCUT2D eigenvalue weighted by Gasteiger charge is 2.17. The lowest BCUT2D eigenvalue weighted by molar-refractivity contribution is -0.115. The van der Waals surface area contributed by atoms with Crippen LogP contribution in [0.1, 0.15) is 28.7 Å². The highest BCUT2D eigenvalue weighted by Crippen LogP contribution is 2.27. The molecule has 2 aromatic heterocycles. The van der Waals surface area contributed by atoms with E-state index in [4.69, 9.17) is 16.1 Å². The number of hydrogen-bond donors (Lipinski definition) is 2. The molecule has 3 aromatic rings. The summed E-state index contributed by atoms with van der Waals surface area (Å²) in [6.45, 7) is 5.44. The molecule has 7 nitrogen and oxygen atoms in total. The quantitative estimate of drug-likeness (QED) is 0.502. The number of halogens is 1. The molecule has 1 unspecified atom stereocenters. The third kappa shape index (κ3) is 6.07. The summed E-state index contributed by atoms with van der Waals surface area (Å²) in [7, 11) is 0. The second-order valence-corrected chi connectivity index (χ2v) is 9.49. The first kappa shape index (κ1) is 22.3. The van der Waals surface area contributed by atoms with Crippen LogP contribution in [0.2, 0.25) is 5.02 Å². The van der Waals surface area contributed by atoms with Gasteiger partial charge in [0.05, 0.1) is 11.0 Å². The fourth-order valence-electron chi connectivity index (χ4n) is 2.56. The molecule has 158 valence electrons. The van der Waals surface area contributed by atoms with Gasteiger partial charge in [0.15, 0.2) is 10.9 Å². The van der Waals surface area contributed by atoms with E-state index >= 15 is 0 Å². The number of thiazole rings is 1. The smallest absolute Gasteiger partial charge is 0.238 e. The molecular formula is C20H21ClN4O3S2. The Balaban J connectivity index is 1.47. The summed E-state index contributed by atoms with van der Waals surface area (Å²) in [6.07, 6.45) is 2.39. The van der Waals surface area contributed by atoms with E-state index in [1.807, 2.05) is 25.1 Å². The van der Waals surface area contributed by atoms with E-state index in [1.54, 1.807) is 26.1 Å². The molecule has 1 aromatic carbocycles. The maximum atomic E-state index is 12.2. The zero-order valence-corrected chi connectivity index (χ0v) is 19.1. The van der Waals surface area contributed by atoms with Crippen LogP contribution in [0.3, 0.4) is 0 Å². The number of carbonyl (C=O) groups excluding carboxylic acids is 2. The van der Waals surface area contributed by atoms with Gasteiger partial charge < -0.3 is 15.2 Å². The molecular weight excluding hydrogens is 444 g/mol. The van der Waals surface area contributed by atoms with Gasteiger partial charge >= 0.3 is 0 Å². The van der Waals surface area contributed by atoms with Gasteiger partial charge in [-0.15, -0.1) is 23.1 Å². The lowest BCUT2D eigenvalue weighted by atomic mass is 10.1. The number of thioether (sulfide) groups is 1. The molecule has 0 saturated carbocycles. The Morgan fingerprint density at radius 2 is 2.10 bits per heavy atom. The van der Waals surface area contributed by atoms with Crippen LogP contribution in [-0.4, -0.2) is 33.0 Å². The summed E-state index contributed by atoms with van der Waals surface area (Å²) in [5.41, 5.74) is 2.05. The van der Waals surface area contributed by atoms with Gasteiger partial charge in [-0.25, -0.2) is 4.98 Å². The molecule has 0 fully saturated rings. The Morgan fingerprint density at radius 1 is 1.30 bits per heavy atom. The predicted molar refractivity (Wildman–Crippen MR) is 122 cm³/mol. The van der Waals surface area contributed by atoms with E-state index in [9.17, 15) is 9.59 Å². The topological polar surface area (TPSA) is 97.1 Å². The van der Waals surface area contributed by atoms with E-state index in [0.29, 0.717) is 23.1 Å². The molecule has 0 radical (unpaired) electrons. The number of carbonyl (C=O) groups is 2. The van der Waals surface area contributed by atoms with Crippen LogP contribution >= 0.6 is 34.7 Å². The first-order valence-corrected chi connectivity index (χ1v) is 11.4. The van der Waals surface area contributed by atoms with Crippen LogP contribution in [-0.2, 0) is 16.0 Å². The normalized spacial score (nSPS) is 11.9. The standard InChI is InChI=1S/C20H21ClN4O3S2/c1-11-5-4-6-14(18(11)21)8-15-9-22-20(30-15)24-17(26)10-29-13(3)19(27)23-16-7-12(2)28-25-16/h4-7,9,13H,8,10H2,1-3H3,(H,22,24,26)(H,23,25,27). The maximum absolute atomic E-state index is 12.2. The van der Waals surface area contributed by atoms with Crippen LogP contribution in [0, 0.1) is 13.8 Å². The van der Waals surface area contributed by atoms with Crippen molar-refractivity contribution in [2.75, 3.05) is 16.4 Å². The average Bonchev–Trinajstić information content (AvgIpc) is 3.32. The summed E-state index contributed by atoms with van der Waals surface area (Å²) in [5.74, 6) is 0.639. The number of aromatic nitrogens is 2. The molecule has 1 atom stereocenters. The fraction of sp³-hybridized carbons (Fsp3) is 0.300. The van der Waals surface area contributed by atoms with Crippen molar-refractivity contribution in [1.29, 1.82) is 0 Å². The number of amides is 2. The second kappa shape index (κ2) is 10.1. The van der Waals surface area contributed by atoms with E-state index in [1.165, 1.54) is 23.1 Å². The third-order valence-corrected chi connectivity index (χ3v) is 6.75. The van der Waals surface area contributed by atoms with Gasteiger partial charge in [0.25, 0.3) is 0 Å². The number of nitrogens with one attached hydrogen (secondary N) is 2. The Bertz CT molecular complexity index is 1050. The first-order valence-electron chi connectivity index (χ1n) is 9.16. The molecule has 0 aliphatic carbocycles. The molecule has 2 amide bonds. The van der Waals surface area contributed by atoms with Gasteiger partial charge in [0.2, 0.25) is 11.8 Å². The molecule has 30 heavy (non-hydrogen) atoms. The number of anilines is 2. The summed E-state index contributed by atoms with van der Waals surface area (Å²) in [4.78, 5) is 29.6. The highest BCUT2D eigenvalue weighted by molar-refractivity contribution is 8.01. The number of benzene rings is 1. The van der Waals surface area contributed by atoms with Crippen molar-refractivity contribution in [2.45, 2.75) is 32.4 Å². The monoisotopic (exact) mass is 464 g/mol. The van der Waals surface area contributed by atoms with Crippen molar-refractivity contribution in [3.8, 4) is 0 Å².